The summed E-state index contributed by atoms with van der Waals surface area (Å²) >= 11 is 0. The molecule has 1 N–H and O–H groups in total. The standard InChI is InChI=1S/C18H29NO2/c1-16-17(13-11-15-19(16)2)12-9-7-5-3-4-6-8-10-14-18(20)21/h11,13,15H,3-10,12,14H2,1-2H3/p+1. The van der Waals surface area contributed by atoms with Gasteiger partial charge in [0.05, 0.1) is 0 Å². The van der Waals surface area contributed by atoms with E-state index in [1.807, 2.05) is 0 Å². The lowest BCUT2D eigenvalue weighted by Gasteiger charge is -2.04. The van der Waals surface area contributed by atoms with Crippen molar-refractivity contribution in [1.82, 2.24) is 0 Å². The summed E-state index contributed by atoms with van der Waals surface area (Å²) in [5.74, 6) is -0.667. The molecular weight excluding hydrogens is 262 g/mol. The van der Waals surface area contributed by atoms with Crippen LogP contribution in [0, 0.1) is 6.92 Å². The first-order valence-electron chi connectivity index (χ1n) is 8.27. The van der Waals surface area contributed by atoms with Crippen LogP contribution in [0.1, 0.15) is 69.0 Å². The number of pyridine rings is 1. The molecule has 1 aromatic heterocycles. The molecule has 0 spiro atoms. The third-order valence-electron chi connectivity index (χ3n) is 4.19. The fourth-order valence-electron chi connectivity index (χ4n) is 2.66. The van der Waals surface area contributed by atoms with Gasteiger partial charge in [0.2, 0.25) is 0 Å². The summed E-state index contributed by atoms with van der Waals surface area (Å²) < 4.78 is 2.19. The number of aryl methyl sites for hydroxylation is 2. The Morgan fingerprint density at radius 3 is 2.24 bits per heavy atom. The minimum Gasteiger partial charge on any atom is -0.481 e. The molecule has 1 rings (SSSR count). The van der Waals surface area contributed by atoms with Crippen molar-refractivity contribution < 1.29 is 14.5 Å². The van der Waals surface area contributed by atoms with Gasteiger partial charge in [0.1, 0.15) is 7.05 Å². The Bertz CT molecular complexity index is 429. The molecule has 3 heteroatoms. The Labute approximate surface area is 129 Å². The van der Waals surface area contributed by atoms with E-state index in [4.69, 9.17) is 5.11 Å². The summed E-state index contributed by atoms with van der Waals surface area (Å²) in [5, 5.41) is 8.54. The molecule has 0 fully saturated rings. The van der Waals surface area contributed by atoms with Crippen molar-refractivity contribution in [2.24, 2.45) is 7.05 Å². The number of nitrogens with zero attached hydrogens (tertiary/aromatic N) is 1. The van der Waals surface area contributed by atoms with Crippen LogP contribution in [-0.2, 0) is 18.3 Å². The third-order valence-corrected chi connectivity index (χ3v) is 4.19. The van der Waals surface area contributed by atoms with Crippen molar-refractivity contribution in [3.63, 3.8) is 0 Å². The smallest absolute Gasteiger partial charge is 0.303 e. The summed E-state index contributed by atoms with van der Waals surface area (Å²) in [6.45, 7) is 2.19. The van der Waals surface area contributed by atoms with Crippen LogP contribution in [0.5, 0.6) is 0 Å². The molecule has 0 aliphatic carbocycles. The van der Waals surface area contributed by atoms with Crippen LogP contribution in [0.25, 0.3) is 0 Å². The van der Waals surface area contributed by atoms with Gasteiger partial charge in [-0.2, -0.15) is 0 Å². The molecule has 0 saturated heterocycles. The first kappa shape index (κ1) is 17.7. The van der Waals surface area contributed by atoms with Gasteiger partial charge in [0.15, 0.2) is 11.9 Å². The van der Waals surface area contributed by atoms with E-state index in [-0.39, 0.29) is 0 Å². The largest absolute Gasteiger partial charge is 0.481 e. The van der Waals surface area contributed by atoms with E-state index >= 15 is 0 Å². The number of unbranched alkanes of at least 4 members (excludes halogenated alkanes) is 7. The van der Waals surface area contributed by atoms with Crippen LogP contribution >= 0.6 is 0 Å². The number of hydrogen-bond acceptors (Lipinski definition) is 1. The van der Waals surface area contributed by atoms with Gasteiger partial charge in [-0.15, -0.1) is 0 Å². The number of hydrogen-bond donors (Lipinski definition) is 1. The average Bonchev–Trinajstić information content (AvgIpc) is 2.45. The zero-order chi connectivity index (χ0) is 15.5. The van der Waals surface area contributed by atoms with Gasteiger partial charge in [0.25, 0.3) is 0 Å². The molecule has 0 amide bonds. The number of carboxylic acids is 1. The SMILES string of the molecule is Cc1c(CCCCCCCCCCC(=O)O)ccc[n+]1C. The molecule has 0 radical (unpaired) electrons. The highest BCUT2D eigenvalue weighted by molar-refractivity contribution is 5.66. The van der Waals surface area contributed by atoms with Crippen molar-refractivity contribution in [3.05, 3.63) is 29.6 Å². The van der Waals surface area contributed by atoms with Gasteiger partial charge < -0.3 is 5.11 Å². The second-order valence-corrected chi connectivity index (χ2v) is 5.95. The molecule has 0 saturated carbocycles. The van der Waals surface area contributed by atoms with E-state index in [1.54, 1.807) is 0 Å². The summed E-state index contributed by atoms with van der Waals surface area (Å²) in [6.07, 6.45) is 13.1. The summed E-state index contributed by atoms with van der Waals surface area (Å²) in [5.41, 5.74) is 2.84. The maximum atomic E-state index is 10.4. The maximum absolute atomic E-state index is 10.4. The monoisotopic (exact) mass is 292 g/mol. The third kappa shape index (κ3) is 7.84. The quantitative estimate of drug-likeness (QED) is 0.495. The van der Waals surface area contributed by atoms with E-state index in [9.17, 15) is 4.79 Å². The number of carboxylic acid groups (broad SMARTS) is 1. The fraction of sp³-hybridized carbons (Fsp3) is 0.667. The van der Waals surface area contributed by atoms with Crippen molar-refractivity contribution >= 4 is 5.97 Å². The second kappa shape index (κ2) is 10.4. The topological polar surface area (TPSA) is 41.2 Å². The molecule has 0 aliphatic rings. The Kier molecular flexibility index (Phi) is 8.72. The van der Waals surface area contributed by atoms with Crippen LogP contribution in [-0.4, -0.2) is 11.1 Å². The highest BCUT2D eigenvalue weighted by Crippen LogP contribution is 2.12. The molecule has 0 aliphatic heterocycles. The van der Waals surface area contributed by atoms with E-state index in [2.05, 4.69) is 36.9 Å². The predicted octanol–water partition coefficient (Wildman–Crippen LogP) is 3.96. The van der Waals surface area contributed by atoms with E-state index in [0.717, 1.165) is 12.8 Å². The van der Waals surface area contributed by atoms with Crippen LogP contribution in [0.3, 0.4) is 0 Å². The number of rotatable bonds is 11. The van der Waals surface area contributed by atoms with Crippen LogP contribution in [0.4, 0.5) is 0 Å². The maximum Gasteiger partial charge on any atom is 0.303 e. The highest BCUT2D eigenvalue weighted by atomic mass is 16.4. The Hall–Kier alpha value is -1.38. The van der Waals surface area contributed by atoms with Gasteiger partial charge in [-0.3, -0.25) is 4.79 Å². The zero-order valence-corrected chi connectivity index (χ0v) is 13.6. The van der Waals surface area contributed by atoms with Crippen LogP contribution in [0.15, 0.2) is 18.3 Å². The van der Waals surface area contributed by atoms with Crippen molar-refractivity contribution in [2.45, 2.75) is 71.1 Å². The summed E-state index contributed by atoms with van der Waals surface area (Å²) in [6, 6.07) is 4.36. The number of aromatic nitrogens is 1. The first-order chi connectivity index (χ1) is 10.1. The lowest BCUT2D eigenvalue weighted by atomic mass is 10.0. The lowest BCUT2D eigenvalue weighted by molar-refractivity contribution is -0.678. The molecule has 21 heavy (non-hydrogen) atoms. The molecule has 0 aromatic carbocycles. The van der Waals surface area contributed by atoms with Crippen molar-refractivity contribution in [3.8, 4) is 0 Å². The van der Waals surface area contributed by atoms with Crippen LogP contribution in [0.2, 0.25) is 0 Å². The number of aliphatic carboxylic acids is 1. The van der Waals surface area contributed by atoms with Crippen molar-refractivity contribution in [2.75, 3.05) is 0 Å². The molecule has 0 atom stereocenters. The highest BCUT2D eigenvalue weighted by Gasteiger charge is 2.06. The molecule has 118 valence electrons. The molecule has 1 aromatic rings. The van der Waals surface area contributed by atoms with E-state index in [1.165, 1.54) is 56.2 Å². The van der Waals surface area contributed by atoms with E-state index in [0.29, 0.717) is 6.42 Å². The van der Waals surface area contributed by atoms with Gasteiger partial charge in [-0.25, -0.2) is 4.57 Å². The van der Waals surface area contributed by atoms with Gasteiger partial charge in [0, 0.05) is 25.0 Å². The predicted molar refractivity (Wildman–Crippen MR) is 85.2 cm³/mol. The van der Waals surface area contributed by atoms with Crippen LogP contribution < -0.4 is 4.57 Å². The second-order valence-electron chi connectivity index (χ2n) is 5.95. The fourth-order valence-corrected chi connectivity index (χ4v) is 2.66. The Morgan fingerprint density at radius 2 is 1.62 bits per heavy atom. The summed E-state index contributed by atoms with van der Waals surface area (Å²) in [4.78, 5) is 10.4. The van der Waals surface area contributed by atoms with E-state index < -0.39 is 5.97 Å². The lowest BCUT2D eigenvalue weighted by Crippen LogP contribution is -2.32. The van der Waals surface area contributed by atoms with Gasteiger partial charge in [-0.05, 0) is 25.3 Å². The summed E-state index contributed by atoms with van der Waals surface area (Å²) in [7, 11) is 2.10. The molecule has 3 nitrogen and oxygen atoms in total. The minimum absolute atomic E-state index is 0.327. The number of carbonyl (C=O) groups is 1. The molecule has 1 heterocycles. The van der Waals surface area contributed by atoms with Gasteiger partial charge >= 0.3 is 5.97 Å². The minimum atomic E-state index is -0.667. The Balaban J connectivity index is 1.97. The zero-order valence-electron chi connectivity index (χ0n) is 13.6. The normalized spacial score (nSPS) is 10.8. The molecule has 0 bridgehead atoms. The Morgan fingerprint density at radius 1 is 1.05 bits per heavy atom. The van der Waals surface area contributed by atoms with Crippen molar-refractivity contribution in [1.29, 1.82) is 0 Å². The van der Waals surface area contributed by atoms with Gasteiger partial charge in [-0.1, -0.05) is 38.5 Å². The molecule has 0 unspecified atom stereocenters. The molecular formula is C18H30NO2+. The average molecular weight is 292 g/mol. The first-order valence-corrected chi connectivity index (χ1v) is 8.27.